The Kier molecular flexibility index (Phi) is 4.00. The fourth-order valence-corrected chi connectivity index (χ4v) is 3.09. The van der Waals surface area contributed by atoms with Gasteiger partial charge >= 0.3 is 0 Å². The molecule has 2 rings (SSSR count). The Labute approximate surface area is 102 Å². The zero-order chi connectivity index (χ0) is 11.4. The summed E-state index contributed by atoms with van der Waals surface area (Å²) >= 11 is 1.88. The predicted molar refractivity (Wildman–Crippen MR) is 71.2 cm³/mol. The Morgan fingerprint density at radius 2 is 2.19 bits per heavy atom. The first-order chi connectivity index (χ1) is 7.76. The molecular formula is C13H22N2S. The van der Waals surface area contributed by atoms with Gasteiger partial charge in [0.1, 0.15) is 0 Å². The van der Waals surface area contributed by atoms with Gasteiger partial charge in [0.2, 0.25) is 0 Å². The number of hydrogen-bond donors (Lipinski definition) is 2. The molecule has 1 saturated carbocycles. The first-order valence-electron chi connectivity index (χ1n) is 6.14. The molecule has 0 bridgehead atoms. The van der Waals surface area contributed by atoms with Crippen molar-refractivity contribution in [3.05, 3.63) is 21.9 Å². The largest absolute Gasteiger partial charge is 0.319 e. The molecule has 0 spiro atoms. The smallest absolute Gasteiger partial charge is 0.00870 e. The number of nitrogens with one attached hydrogen (secondary N) is 2. The highest BCUT2D eigenvalue weighted by Crippen LogP contribution is 2.44. The van der Waals surface area contributed by atoms with E-state index in [0.717, 1.165) is 13.1 Å². The van der Waals surface area contributed by atoms with Crippen molar-refractivity contribution < 1.29 is 0 Å². The highest BCUT2D eigenvalue weighted by Gasteiger charge is 2.41. The average molecular weight is 238 g/mol. The first kappa shape index (κ1) is 12.1. The Hall–Kier alpha value is -0.380. The van der Waals surface area contributed by atoms with Gasteiger partial charge in [0.15, 0.2) is 0 Å². The van der Waals surface area contributed by atoms with E-state index in [0.29, 0.717) is 5.41 Å². The summed E-state index contributed by atoms with van der Waals surface area (Å²) in [5.41, 5.74) is 2.03. The van der Waals surface area contributed by atoms with Gasteiger partial charge in [0, 0.05) is 18.0 Å². The maximum absolute atomic E-state index is 3.61. The third-order valence-electron chi connectivity index (χ3n) is 3.51. The SMILES string of the molecule is CNCC1(CNCCc2sccc2C)CC1. The summed E-state index contributed by atoms with van der Waals surface area (Å²) in [5, 5.41) is 9.09. The molecule has 1 fully saturated rings. The molecule has 0 saturated heterocycles. The van der Waals surface area contributed by atoms with E-state index < -0.39 is 0 Å². The zero-order valence-electron chi connectivity index (χ0n) is 10.3. The van der Waals surface area contributed by atoms with Gasteiger partial charge in [0.25, 0.3) is 0 Å². The summed E-state index contributed by atoms with van der Waals surface area (Å²) in [6, 6.07) is 2.21. The Bertz CT molecular complexity index is 328. The van der Waals surface area contributed by atoms with Crippen LogP contribution >= 0.6 is 11.3 Å². The van der Waals surface area contributed by atoms with Crippen LogP contribution in [0.25, 0.3) is 0 Å². The van der Waals surface area contributed by atoms with Crippen molar-refractivity contribution in [2.45, 2.75) is 26.2 Å². The van der Waals surface area contributed by atoms with Gasteiger partial charge < -0.3 is 10.6 Å². The summed E-state index contributed by atoms with van der Waals surface area (Å²) in [6.07, 6.45) is 3.96. The minimum atomic E-state index is 0.583. The van der Waals surface area contributed by atoms with Gasteiger partial charge in [-0.05, 0) is 62.2 Å². The fraction of sp³-hybridized carbons (Fsp3) is 0.692. The molecule has 0 amide bonds. The van der Waals surface area contributed by atoms with Crippen LogP contribution in [0.3, 0.4) is 0 Å². The lowest BCUT2D eigenvalue weighted by Gasteiger charge is -2.15. The molecule has 3 heteroatoms. The van der Waals surface area contributed by atoms with E-state index in [1.54, 1.807) is 0 Å². The average Bonchev–Trinajstić information content (AvgIpc) is 2.91. The van der Waals surface area contributed by atoms with Crippen molar-refractivity contribution in [2.75, 3.05) is 26.7 Å². The van der Waals surface area contributed by atoms with Gasteiger partial charge in [-0.3, -0.25) is 0 Å². The normalized spacial score (nSPS) is 17.6. The lowest BCUT2D eigenvalue weighted by Crippen LogP contribution is -2.32. The van der Waals surface area contributed by atoms with Crippen molar-refractivity contribution in [1.29, 1.82) is 0 Å². The third kappa shape index (κ3) is 3.06. The molecule has 1 aliphatic rings. The van der Waals surface area contributed by atoms with Crippen LogP contribution in [0.5, 0.6) is 0 Å². The molecule has 0 aliphatic heterocycles. The van der Waals surface area contributed by atoms with E-state index in [4.69, 9.17) is 0 Å². The molecule has 90 valence electrons. The lowest BCUT2D eigenvalue weighted by atomic mass is 10.1. The van der Waals surface area contributed by atoms with Gasteiger partial charge in [-0.1, -0.05) is 0 Å². The van der Waals surface area contributed by atoms with E-state index in [1.165, 1.54) is 36.2 Å². The molecule has 1 heterocycles. The van der Waals surface area contributed by atoms with Crippen LogP contribution in [0.2, 0.25) is 0 Å². The summed E-state index contributed by atoms with van der Waals surface area (Å²) in [5.74, 6) is 0. The second-order valence-corrected chi connectivity index (χ2v) is 5.98. The standard InChI is InChI=1S/C13H22N2S/c1-11-4-8-16-12(11)3-7-15-10-13(5-6-13)9-14-2/h4,8,14-15H,3,5-7,9-10H2,1-2H3. The summed E-state index contributed by atoms with van der Waals surface area (Å²) < 4.78 is 0. The number of hydrogen-bond acceptors (Lipinski definition) is 3. The highest BCUT2D eigenvalue weighted by atomic mass is 32.1. The fourth-order valence-electron chi connectivity index (χ4n) is 2.18. The van der Waals surface area contributed by atoms with Gasteiger partial charge in [0.05, 0.1) is 0 Å². The number of thiophene rings is 1. The zero-order valence-corrected chi connectivity index (χ0v) is 11.1. The van der Waals surface area contributed by atoms with E-state index in [1.807, 2.05) is 11.3 Å². The van der Waals surface area contributed by atoms with E-state index >= 15 is 0 Å². The topological polar surface area (TPSA) is 24.1 Å². The molecule has 1 aliphatic carbocycles. The Morgan fingerprint density at radius 3 is 2.75 bits per heavy atom. The summed E-state index contributed by atoms with van der Waals surface area (Å²) in [4.78, 5) is 1.53. The van der Waals surface area contributed by atoms with E-state index in [-0.39, 0.29) is 0 Å². The minimum absolute atomic E-state index is 0.583. The molecule has 2 N–H and O–H groups in total. The van der Waals surface area contributed by atoms with Crippen LogP contribution in [-0.2, 0) is 6.42 Å². The van der Waals surface area contributed by atoms with Gasteiger partial charge in [-0.25, -0.2) is 0 Å². The maximum atomic E-state index is 3.61. The molecule has 0 atom stereocenters. The molecule has 16 heavy (non-hydrogen) atoms. The van der Waals surface area contributed by atoms with Crippen LogP contribution in [0.1, 0.15) is 23.3 Å². The Morgan fingerprint density at radius 1 is 1.38 bits per heavy atom. The molecular weight excluding hydrogens is 216 g/mol. The third-order valence-corrected chi connectivity index (χ3v) is 4.59. The minimum Gasteiger partial charge on any atom is -0.319 e. The van der Waals surface area contributed by atoms with Crippen LogP contribution in [-0.4, -0.2) is 26.7 Å². The number of rotatable bonds is 7. The van der Waals surface area contributed by atoms with Crippen molar-refractivity contribution >= 4 is 11.3 Å². The quantitative estimate of drug-likeness (QED) is 0.712. The Balaban J connectivity index is 1.64. The summed E-state index contributed by atoms with van der Waals surface area (Å²) in [7, 11) is 2.05. The van der Waals surface area contributed by atoms with Crippen molar-refractivity contribution in [3.63, 3.8) is 0 Å². The lowest BCUT2D eigenvalue weighted by molar-refractivity contribution is 0.441. The van der Waals surface area contributed by atoms with Crippen molar-refractivity contribution in [3.8, 4) is 0 Å². The van der Waals surface area contributed by atoms with Crippen molar-refractivity contribution in [2.24, 2.45) is 5.41 Å². The molecule has 1 aromatic rings. The van der Waals surface area contributed by atoms with Crippen LogP contribution in [0.15, 0.2) is 11.4 Å². The predicted octanol–water partition coefficient (Wildman–Crippen LogP) is 2.19. The monoisotopic (exact) mass is 238 g/mol. The first-order valence-corrected chi connectivity index (χ1v) is 7.02. The highest BCUT2D eigenvalue weighted by molar-refractivity contribution is 7.10. The maximum Gasteiger partial charge on any atom is 0.00870 e. The van der Waals surface area contributed by atoms with E-state index in [9.17, 15) is 0 Å². The van der Waals surface area contributed by atoms with E-state index in [2.05, 4.69) is 36.1 Å². The molecule has 2 nitrogen and oxygen atoms in total. The van der Waals surface area contributed by atoms with Gasteiger partial charge in [-0.15, -0.1) is 11.3 Å². The second-order valence-electron chi connectivity index (χ2n) is 4.98. The molecule has 1 aromatic heterocycles. The van der Waals surface area contributed by atoms with Crippen molar-refractivity contribution in [1.82, 2.24) is 10.6 Å². The van der Waals surface area contributed by atoms with Crippen LogP contribution in [0, 0.1) is 12.3 Å². The second kappa shape index (κ2) is 5.30. The summed E-state index contributed by atoms with van der Waals surface area (Å²) in [6.45, 7) is 5.67. The number of aryl methyl sites for hydroxylation is 1. The van der Waals surface area contributed by atoms with Gasteiger partial charge in [-0.2, -0.15) is 0 Å². The molecule has 0 radical (unpaired) electrons. The van der Waals surface area contributed by atoms with Crippen LogP contribution in [0.4, 0.5) is 0 Å². The molecule has 0 unspecified atom stereocenters. The van der Waals surface area contributed by atoms with Crippen LogP contribution < -0.4 is 10.6 Å². The molecule has 0 aromatic carbocycles.